The van der Waals surface area contributed by atoms with Crippen LogP contribution in [0.2, 0.25) is 0 Å². The van der Waals surface area contributed by atoms with Crippen LogP contribution in [0.4, 0.5) is 0 Å². The highest BCUT2D eigenvalue weighted by Gasteiger charge is 1.89. The van der Waals surface area contributed by atoms with Crippen LogP contribution < -0.4 is 0 Å². The molecule has 0 aromatic heterocycles. The highest BCUT2D eigenvalue weighted by molar-refractivity contribution is 5.21. The van der Waals surface area contributed by atoms with Gasteiger partial charge in [0, 0.05) is 38.9 Å². The van der Waals surface area contributed by atoms with Gasteiger partial charge in [-0.3, -0.25) is 0 Å². The van der Waals surface area contributed by atoms with Crippen molar-refractivity contribution in [3.8, 4) is 23.7 Å². The van der Waals surface area contributed by atoms with E-state index < -0.39 is 0 Å². The van der Waals surface area contributed by atoms with Gasteiger partial charge in [-0.15, -0.1) is 11.8 Å². The Morgan fingerprint density at radius 1 is 0.560 bits per heavy atom. The van der Waals surface area contributed by atoms with E-state index >= 15 is 0 Å². The van der Waals surface area contributed by atoms with Crippen LogP contribution >= 0.6 is 0 Å². The third kappa shape index (κ3) is 9.41. The molecular formula is C24H26O. The van der Waals surface area contributed by atoms with E-state index in [0.717, 1.165) is 51.7 Å². The predicted molar refractivity (Wildman–Crippen MR) is 105 cm³/mol. The Balaban J connectivity index is 1.41. The summed E-state index contributed by atoms with van der Waals surface area (Å²) in [5.41, 5.74) is 2.55. The first-order valence-corrected chi connectivity index (χ1v) is 9.02. The van der Waals surface area contributed by atoms with Crippen LogP contribution in [0.25, 0.3) is 0 Å². The summed E-state index contributed by atoms with van der Waals surface area (Å²) in [6.07, 6.45) is 5.49. The van der Waals surface area contributed by atoms with Crippen molar-refractivity contribution in [2.45, 2.75) is 38.5 Å². The predicted octanol–water partition coefficient (Wildman–Crippen LogP) is 5.06. The molecule has 0 fully saturated rings. The van der Waals surface area contributed by atoms with Crippen LogP contribution in [0.1, 0.15) is 36.8 Å². The Labute approximate surface area is 152 Å². The molecule has 0 atom stereocenters. The van der Waals surface area contributed by atoms with Crippen molar-refractivity contribution in [3.05, 3.63) is 71.8 Å². The van der Waals surface area contributed by atoms with E-state index in [2.05, 4.69) is 72.2 Å². The van der Waals surface area contributed by atoms with E-state index in [4.69, 9.17) is 4.74 Å². The van der Waals surface area contributed by atoms with Gasteiger partial charge in [0.2, 0.25) is 0 Å². The molecule has 25 heavy (non-hydrogen) atoms. The standard InChI is InChI=1S/C24H26O/c1(7-15-23-17-9-5-10-18-23)3-13-21-25-22-14-4-2-8-16-24-19-11-6-12-20-24/h5-6,9-12,17-20H,3-4,13-16,21-22H2. The second-order valence-electron chi connectivity index (χ2n) is 5.85. The van der Waals surface area contributed by atoms with Gasteiger partial charge in [0.1, 0.15) is 0 Å². The zero-order valence-corrected chi connectivity index (χ0v) is 14.8. The molecule has 0 N–H and O–H groups in total. The number of hydrogen-bond acceptors (Lipinski definition) is 1. The van der Waals surface area contributed by atoms with Gasteiger partial charge in [-0.2, -0.15) is 0 Å². The number of rotatable bonds is 8. The topological polar surface area (TPSA) is 9.23 Å². The smallest absolute Gasteiger partial charge is 0.0475 e. The van der Waals surface area contributed by atoms with Crippen molar-refractivity contribution in [3.63, 3.8) is 0 Å². The van der Waals surface area contributed by atoms with Gasteiger partial charge >= 0.3 is 0 Å². The molecule has 0 radical (unpaired) electrons. The molecule has 1 heteroatoms. The average Bonchev–Trinajstić information content (AvgIpc) is 2.67. The van der Waals surface area contributed by atoms with Crippen LogP contribution in [-0.2, 0) is 17.6 Å². The lowest BCUT2D eigenvalue weighted by molar-refractivity contribution is 0.131. The fourth-order valence-corrected chi connectivity index (χ4v) is 2.32. The van der Waals surface area contributed by atoms with E-state index in [1.54, 1.807) is 0 Å². The molecule has 128 valence electrons. The monoisotopic (exact) mass is 330 g/mol. The Morgan fingerprint density at radius 2 is 1.00 bits per heavy atom. The first-order valence-electron chi connectivity index (χ1n) is 9.02. The Hall–Kier alpha value is -2.48. The van der Waals surface area contributed by atoms with Gasteiger partial charge in [-0.25, -0.2) is 0 Å². The van der Waals surface area contributed by atoms with Crippen LogP contribution in [0.15, 0.2) is 60.7 Å². The highest BCUT2D eigenvalue weighted by Crippen LogP contribution is 1.99. The Kier molecular flexibility index (Phi) is 9.72. The van der Waals surface area contributed by atoms with Crippen molar-refractivity contribution >= 4 is 0 Å². The summed E-state index contributed by atoms with van der Waals surface area (Å²) in [4.78, 5) is 0. The summed E-state index contributed by atoms with van der Waals surface area (Å²) in [6, 6.07) is 20.7. The molecule has 0 spiro atoms. The van der Waals surface area contributed by atoms with Gasteiger partial charge in [0.25, 0.3) is 0 Å². The lowest BCUT2D eigenvalue weighted by Crippen LogP contribution is -1.96. The number of unbranched alkanes of at least 4 members (excludes halogenated alkanes) is 2. The van der Waals surface area contributed by atoms with Crippen molar-refractivity contribution < 1.29 is 4.74 Å². The van der Waals surface area contributed by atoms with Gasteiger partial charge in [-0.05, 0) is 24.0 Å². The molecule has 2 aromatic rings. The van der Waals surface area contributed by atoms with Crippen LogP contribution in [-0.4, -0.2) is 13.2 Å². The molecule has 0 aliphatic carbocycles. The molecule has 1 nitrogen and oxygen atoms in total. The molecule has 0 heterocycles. The van der Waals surface area contributed by atoms with E-state index in [1.165, 1.54) is 11.1 Å². The number of hydrogen-bond donors (Lipinski definition) is 0. The zero-order valence-electron chi connectivity index (χ0n) is 14.8. The molecular weight excluding hydrogens is 304 g/mol. The second kappa shape index (κ2) is 12.9. The van der Waals surface area contributed by atoms with Crippen molar-refractivity contribution in [2.75, 3.05) is 13.2 Å². The van der Waals surface area contributed by atoms with E-state index in [0.29, 0.717) is 0 Å². The van der Waals surface area contributed by atoms with E-state index in [9.17, 15) is 0 Å². The van der Waals surface area contributed by atoms with E-state index in [-0.39, 0.29) is 0 Å². The van der Waals surface area contributed by atoms with Gasteiger partial charge < -0.3 is 4.74 Å². The number of benzene rings is 2. The second-order valence-corrected chi connectivity index (χ2v) is 5.85. The molecule has 0 saturated heterocycles. The Morgan fingerprint density at radius 3 is 1.44 bits per heavy atom. The maximum absolute atomic E-state index is 5.63. The summed E-state index contributed by atoms with van der Waals surface area (Å²) >= 11 is 0. The van der Waals surface area contributed by atoms with Crippen molar-refractivity contribution in [1.29, 1.82) is 0 Å². The molecule has 2 rings (SSSR count). The molecule has 0 saturated carbocycles. The minimum Gasteiger partial charge on any atom is -0.381 e. The maximum Gasteiger partial charge on any atom is 0.0475 e. The number of ether oxygens (including phenoxy) is 1. The SMILES string of the molecule is C(#CCc1ccccc1)CCCOCCCC#CCc1ccccc1. The lowest BCUT2D eigenvalue weighted by atomic mass is 10.1. The van der Waals surface area contributed by atoms with Crippen LogP contribution in [0, 0.1) is 23.7 Å². The minimum atomic E-state index is 0.789. The molecule has 0 aliphatic rings. The first-order chi connectivity index (χ1) is 12.4. The van der Waals surface area contributed by atoms with Gasteiger partial charge in [-0.1, -0.05) is 72.5 Å². The lowest BCUT2D eigenvalue weighted by Gasteiger charge is -2.00. The largest absolute Gasteiger partial charge is 0.381 e. The summed E-state index contributed by atoms with van der Waals surface area (Å²) in [6.45, 7) is 1.58. The molecule has 2 aromatic carbocycles. The fraction of sp³-hybridized carbons (Fsp3) is 0.333. The molecule has 0 unspecified atom stereocenters. The van der Waals surface area contributed by atoms with Gasteiger partial charge in [0.15, 0.2) is 0 Å². The quantitative estimate of drug-likeness (QED) is 0.486. The first kappa shape index (κ1) is 18.9. The fourth-order valence-electron chi connectivity index (χ4n) is 2.32. The normalized spacial score (nSPS) is 9.60. The molecule has 0 aliphatic heterocycles. The van der Waals surface area contributed by atoms with E-state index in [1.807, 2.05) is 12.1 Å². The maximum atomic E-state index is 5.63. The van der Waals surface area contributed by atoms with Crippen molar-refractivity contribution in [1.82, 2.24) is 0 Å². The summed E-state index contributed by atoms with van der Waals surface area (Å²) < 4.78 is 5.63. The average molecular weight is 330 g/mol. The molecule has 0 bridgehead atoms. The zero-order chi connectivity index (χ0) is 17.4. The summed E-state index contributed by atoms with van der Waals surface area (Å²) in [7, 11) is 0. The van der Waals surface area contributed by atoms with Crippen LogP contribution in [0.5, 0.6) is 0 Å². The van der Waals surface area contributed by atoms with Crippen LogP contribution in [0.3, 0.4) is 0 Å². The highest BCUT2D eigenvalue weighted by atomic mass is 16.5. The van der Waals surface area contributed by atoms with Gasteiger partial charge in [0.05, 0.1) is 0 Å². The van der Waals surface area contributed by atoms with Crippen molar-refractivity contribution in [2.24, 2.45) is 0 Å². The molecule has 0 amide bonds. The third-order valence-corrected chi connectivity index (χ3v) is 3.70. The summed E-state index contributed by atoms with van der Waals surface area (Å²) in [5.74, 6) is 12.9. The summed E-state index contributed by atoms with van der Waals surface area (Å²) in [5, 5.41) is 0. The Bertz CT molecular complexity index is 632. The minimum absolute atomic E-state index is 0.789. The third-order valence-electron chi connectivity index (χ3n) is 3.70.